The third kappa shape index (κ3) is 5.36. The molecule has 1 amide bonds. The molecular weight excluding hydrogens is 380 g/mol. The van der Waals surface area contributed by atoms with Crippen LogP contribution in [-0.2, 0) is 17.9 Å². The second kappa shape index (κ2) is 9.60. The van der Waals surface area contributed by atoms with Gasteiger partial charge in [0.05, 0.1) is 25.1 Å². The van der Waals surface area contributed by atoms with E-state index < -0.39 is 0 Å². The van der Waals surface area contributed by atoms with Crippen molar-refractivity contribution >= 4 is 17.7 Å². The highest BCUT2D eigenvalue weighted by atomic mass is 32.2. The Morgan fingerprint density at radius 2 is 2.07 bits per heavy atom. The number of benzene rings is 1. The second-order valence-corrected chi connectivity index (χ2v) is 6.57. The average Bonchev–Trinajstić information content (AvgIpc) is 3.09. The normalized spacial score (nSPS) is 10.5. The topological polar surface area (TPSA) is 117 Å². The number of carbonyl (C=O) groups is 1. The van der Waals surface area contributed by atoms with Crippen molar-refractivity contribution in [3.05, 3.63) is 60.2 Å². The number of carbonyl (C=O) groups excluding carboxylic acids is 1. The van der Waals surface area contributed by atoms with Crippen LogP contribution in [0.5, 0.6) is 11.5 Å². The van der Waals surface area contributed by atoms with Gasteiger partial charge in [-0.05, 0) is 24.3 Å². The summed E-state index contributed by atoms with van der Waals surface area (Å²) in [5.74, 6) is 7.79. The van der Waals surface area contributed by atoms with E-state index in [2.05, 4.69) is 20.5 Å². The molecule has 2 heterocycles. The van der Waals surface area contributed by atoms with Crippen molar-refractivity contribution in [1.82, 2.24) is 25.2 Å². The van der Waals surface area contributed by atoms with Crippen molar-refractivity contribution in [3.8, 4) is 11.5 Å². The first-order valence-electron chi connectivity index (χ1n) is 8.41. The molecule has 146 valence electrons. The van der Waals surface area contributed by atoms with Gasteiger partial charge < -0.3 is 20.6 Å². The predicted molar refractivity (Wildman–Crippen MR) is 104 cm³/mol. The summed E-state index contributed by atoms with van der Waals surface area (Å²) in [6.45, 7) is 0.512. The van der Waals surface area contributed by atoms with Crippen molar-refractivity contribution in [2.75, 3.05) is 18.7 Å². The molecule has 1 aromatic carbocycles. The van der Waals surface area contributed by atoms with Crippen LogP contribution in [-0.4, -0.2) is 38.6 Å². The molecular formula is C18H20N6O3S. The molecule has 0 aliphatic heterocycles. The monoisotopic (exact) mass is 400 g/mol. The predicted octanol–water partition coefficient (Wildman–Crippen LogP) is 1.38. The number of pyridine rings is 1. The van der Waals surface area contributed by atoms with Gasteiger partial charge in [0, 0.05) is 12.3 Å². The number of aromatic nitrogens is 4. The van der Waals surface area contributed by atoms with E-state index in [9.17, 15) is 4.79 Å². The first-order chi connectivity index (χ1) is 13.7. The molecule has 0 unspecified atom stereocenters. The molecule has 3 rings (SSSR count). The lowest BCUT2D eigenvalue weighted by Crippen LogP contribution is -2.25. The highest BCUT2D eigenvalue weighted by Crippen LogP contribution is 2.20. The minimum absolute atomic E-state index is 0.142. The summed E-state index contributed by atoms with van der Waals surface area (Å²) in [5.41, 5.74) is 0.791. The van der Waals surface area contributed by atoms with E-state index in [1.165, 1.54) is 16.4 Å². The SMILES string of the molecule is COc1cccc(OCc2nnc(SCC(=O)NCc3ccccn3)n2N)c1. The number of ether oxygens (including phenoxy) is 2. The lowest BCUT2D eigenvalue weighted by Gasteiger charge is -2.08. The van der Waals surface area contributed by atoms with E-state index in [0.717, 1.165) is 5.69 Å². The number of methoxy groups -OCH3 is 1. The van der Waals surface area contributed by atoms with Crippen LogP contribution in [0.4, 0.5) is 0 Å². The van der Waals surface area contributed by atoms with Crippen molar-refractivity contribution < 1.29 is 14.3 Å². The van der Waals surface area contributed by atoms with Gasteiger partial charge in [-0.2, -0.15) is 0 Å². The zero-order valence-corrected chi connectivity index (χ0v) is 16.1. The molecule has 28 heavy (non-hydrogen) atoms. The van der Waals surface area contributed by atoms with Crippen molar-refractivity contribution in [1.29, 1.82) is 0 Å². The van der Waals surface area contributed by atoms with Crippen molar-refractivity contribution in [3.63, 3.8) is 0 Å². The highest BCUT2D eigenvalue weighted by molar-refractivity contribution is 7.99. The van der Waals surface area contributed by atoms with E-state index in [0.29, 0.717) is 29.0 Å². The molecule has 0 saturated heterocycles. The molecule has 10 heteroatoms. The Hall–Kier alpha value is -3.27. The molecule has 0 saturated carbocycles. The Labute approximate surface area is 166 Å². The number of rotatable bonds is 9. The highest BCUT2D eigenvalue weighted by Gasteiger charge is 2.13. The number of amides is 1. The first kappa shape index (κ1) is 19.5. The zero-order chi connectivity index (χ0) is 19.8. The zero-order valence-electron chi connectivity index (χ0n) is 15.2. The Bertz CT molecular complexity index is 919. The Morgan fingerprint density at radius 1 is 1.21 bits per heavy atom. The van der Waals surface area contributed by atoms with Crippen LogP contribution in [0, 0.1) is 0 Å². The molecule has 0 bridgehead atoms. The molecule has 0 radical (unpaired) electrons. The van der Waals surface area contributed by atoms with Gasteiger partial charge in [-0.3, -0.25) is 9.78 Å². The molecule has 0 fully saturated rings. The Balaban J connectivity index is 1.48. The van der Waals surface area contributed by atoms with Gasteiger partial charge in [-0.15, -0.1) is 10.2 Å². The van der Waals surface area contributed by atoms with E-state index in [4.69, 9.17) is 15.3 Å². The van der Waals surface area contributed by atoms with E-state index in [1.54, 1.807) is 25.4 Å². The van der Waals surface area contributed by atoms with Gasteiger partial charge in [0.2, 0.25) is 11.1 Å². The Morgan fingerprint density at radius 3 is 2.86 bits per heavy atom. The standard InChI is InChI=1S/C18H20N6O3S/c1-26-14-6-4-7-15(9-14)27-11-16-22-23-18(24(16)19)28-12-17(25)21-10-13-5-2-3-8-20-13/h2-9H,10-12,19H2,1H3,(H,21,25). The van der Waals surface area contributed by atoms with Crippen LogP contribution < -0.4 is 20.6 Å². The van der Waals surface area contributed by atoms with Gasteiger partial charge in [-0.1, -0.05) is 23.9 Å². The smallest absolute Gasteiger partial charge is 0.230 e. The van der Waals surface area contributed by atoms with Crippen LogP contribution in [0.15, 0.2) is 53.8 Å². The lowest BCUT2D eigenvalue weighted by atomic mass is 10.3. The van der Waals surface area contributed by atoms with Crippen LogP contribution >= 0.6 is 11.8 Å². The van der Waals surface area contributed by atoms with E-state index in [-0.39, 0.29) is 18.3 Å². The summed E-state index contributed by atoms with van der Waals surface area (Å²) in [6, 6.07) is 12.8. The Kier molecular flexibility index (Phi) is 6.68. The molecule has 2 aromatic heterocycles. The maximum atomic E-state index is 12.0. The van der Waals surface area contributed by atoms with Gasteiger partial charge in [0.25, 0.3) is 0 Å². The van der Waals surface area contributed by atoms with Crippen LogP contribution in [0.3, 0.4) is 0 Å². The number of nitrogens with one attached hydrogen (secondary N) is 1. The van der Waals surface area contributed by atoms with E-state index >= 15 is 0 Å². The quantitative estimate of drug-likeness (QED) is 0.409. The minimum Gasteiger partial charge on any atom is -0.497 e. The number of thioether (sulfide) groups is 1. The number of hydrogen-bond donors (Lipinski definition) is 2. The number of nitrogens with zero attached hydrogens (tertiary/aromatic N) is 4. The summed E-state index contributed by atoms with van der Waals surface area (Å²) < 4.78 is 12.1. The van der Waals surface area contributed by atoms with E-state index in [1.807, 2.05) is 30.3 Å². The average molecular weight is 400 g/mol. The number of nitrogen functional groups attached to an aromatic ring is 1. The fraction of sp³-hybridized carbons (Fsp3) is 0.222. The largest absolute Gasteiger partial charge is 0.497 e. The molecule has 0 aliphatic carbocycles. The maximum Gasteiger partial charge on any atom is 0.230 e. The second-order valence-electron chi connectivity index (χ2n) is 5.62. The molecule has 0 aliphatic rings. The molecule has 0 spiro atoms. The van der Waals surface area contributed by atoms with Crippen LogP contribution in [0.2, 0.25) is 0 Å². The van der Waals surface area contributed by atoms with Gasteiger partial charge >= 0.3 is 0 Å². The minimum atomic E-state index is -0.146. The summed E-state index contributed by atoms with van der Waals surface area (Å²) in [4.78, 5) is 16.1. The van der Waals surface area contributed by atoms with Crippen molar-refractivity contribution in [2.24, 2.45) is 0 Å². The third-order valence-electron chi connectivity index (χ3n) is 3.67. The summed E-state index contributed by atoms with van der Waals surface area (Å²) >= 11 is 1.20. The van der Waals surface area contributed by atoms with Crippen molar-refractivity contribution in [2.45, 2.75) is 18.3 Å². The number of nitrogens with two attached hydrogens (primary N) is 1. The summed E-state index contributed by atoms with van der Waals surface area (Å²) in [7, 11) is 1.59. The molecule has 9 nitrogen and oxygen atoms in total. The summed E-state index contributed by atoms with van der Waals surface area (Å²) in [6.07, 6.45) is 1.68. The maximum absolute atomic E-state index is 12.0. The fourth-order valence-corrected chi connectivity index (χ4v) is 2.92. The molecule has 3 N–H and O–H groups in total. The molecule has 0 atom stereocenters. The van der Waals surface area contributed by atoms with Gasteiger partial charge in [0.1, 0.15) is 18.1 Å². The fourth-order valence-electron chi connectivity index (χ4n) is 2.22. The summed E-state index contributed by atoms with van der Waals surface area (Å²) in [5, 5.41) is 11.2. The third-order valence-corrected chi connectivity index (χ3v) is 4.61. The molecule has 3 aromatic rings. The number of hydrogen-bond acceptors (Lipinski definition) is 8. The van der Waals surface area contributed by atoms with Gasteiger partial charge in [-0.25, -0.2) is 4.68 Å². The van der Waals surface area contributed by atoms with Crippen LogP contribution in [0.1, 0.15) is 11.5 Å². The van der Waals surface area contributed by atoms with Gasteiger partial charge in [0.15, 0.2) is 5.82 Å². The lowest BCUT2D eigenvalue weighted by molar-refractivity contribution is -0.118. The van der Waals surface area contributed by atoms with Crippen LogP contribution in [0.25, 0.3) is 0 Å². The first-order valence-corrected chi connectivity index (χ1v) is 9.40.